The number of nitrogens with one attached hydrogen (secondary N) is 2. The van der Waals surface area contributed by atoms with Crippen molar-refractivity contribution in [3.05, 3.63) is 30.3 Å². The number of thioether (sulfide) groups is 1. The van der Waals surface area contributed by atoms with E-state index in [9.17, 15) is 10.1 Å². The van der Waals surface area contributed by atoms with E-state index in [1.54, 1.807) is 6.92 Å². The van der Waals surface area contributed by atoms with E-state index in [4.69, 9.17) is 0 Å². The van der Waals surface area contributed by atoms with Crippen LogP contribution >= 0.6 is 11.8 Å². The third-order valence-corrected chi connectivity index (χ3v) is 4.48. The molecule has 0 bridgehead atoms. The molecule has 0 fully saturated rings. The van der Waals surface area contributed by atoms with Crippen LogP contribution in [0.4, 0.5) is 0 Å². The van der Waals surface area contributed by atoms with Crippen molar-refractivity contribution in [1.82, 2.24) is 20.5 Å². The minimum absolute atomic E-state index is 0.0228. The number of carbonyl (C=O) groups is 1. The second kappa shape index (κ2) is 7.29. The largest absolute Gasteiger partial charge is 0.337 e. The van der Waals surface area contributed by atoms with E-state index < -0.39 is 5.54 Å². The maximum atomic E-state index is 12.0. The van der Waals surface area contributed by atoms with E-state index in [1.807, 2.05) is 44.2 Å². The number of H-pyrrole nitrogens is 1. The van der Waals surface area contributed by atoms with E-state index >= 15 is 0 Å². The molecular weight excluding hydrogens is 310 g/mol. The SMILES string of the molecule is CC(C)[C@@](C)(C#N)NC(=O)CSc1n[nH]c(-c2ccccc2)n1. The van der Waals surface area contributed by atoms with E-state index in [1.165, 1.54) is 11.8 Å². The highest BCUT2D eigenvalue weighted by Gasteiger charge is 2.29. The average molecular weight is 329 g/mol. The lowest BCUT2D eigenvalue weighted by Gasteiger charge is -2.27. The molecule has 1 aromatic carbocycles. The summed E-state index contributed by atoms with van der Waals surface area (Å²) in [6, 6.07) is 11.8. The van der Waals surface area contributed by atoms with Gasteiger partial charge < -0.3 is 5.32 Å². The summed E-state index contributed by atoms with van der Waals surface area (Å²) in [6.07, 6.45) is 0. The van der Waals surface area contributed by atoms with Crippen LogP contribution in [-0.2, 0) is 4.79 Å². The molecule has 0 saturated heterocycles. The van der Waals surface area contributed by atoms with E-state index in [-0.39, 0.29) is 17.6 Å². The van der Waals surface area contributed by atoms with Gasteiger partial charge in [-0.05, 0) is 12.8 Å². The summed E-state index contributed by atoms with van der Waals surface area (Å²) in [7, 11) is 0. The van der Waals surface area contributed by atoms with Crippen molar-refractivity contribution in [3.63, 3.8) is 0 Å². The Balaban J connectivity index is 1.93. The van der Waals surface area contributed by atoms with Crippen molar-refractivity contribution < 1.29 is 4.79 Å². The van der Waals surface area contributed by atoms with Crippen molar-refractivity contribution in [2.24, 2.45) is 5.92 Å². The number of hydrogen-bond donors (Lipinski definition) is 2. The molecule has 6 nitrogen and oxygen atoms in total. The van der Waals surface area contributed by atoms with Gasteiger partial charge in [-0.25, -0.2) is 4.98 Å². The molecule has 2 N–H and O–H groups in total. The lowest BCUT2D eigenvalue weighted by molar-refractivity contribution is -0.120. The fourth-order valence-corrected chi connectivity index (χ4v) is 2.39. The van der Waals surface area contributed by atoms with Crippen LogP contribution in [0.25, 0.3) is 11.4 Å². The zero-order chi connectivity index (χ0) is 16.9. The minimum atomic E-state index is -0.869. The quantitative estimate of drug-likeness (QED) is 0.794. The number of nitrogens with zero attached hydrogens (tertiary/aromatic N) is 3. The highest BCUT2D eigenvalue weighted by Crippen LogP contribution is 2.20. The van der Waals surface area contributed by atoms with Crippen LogP contribution in [0, 0.1) is 17.2 Å². The summed E-state index contributed by atoms with van der Waals surface area (Å²) in [4.78, 5) is 16.4. The monoisotopic (exact) mass is 329 g/mol. The maximum absolute atomic E-state index is 12.0. The van der Waals surface area contributed by atoms with Gasteiger partial charge in [0.2, 0.25) is 11.1 Å². The van der Waals surface area contributed by atoms with E-state index in [0.29, 0.717) is 11.0 Å². The molecular formula is C16H19N5OS. The molecule has 23 heavy (non-hydrogen) atoms. The van der Waals surface area contributed by atoms with Crippen LogP contribution in [0.15, 0.2) is 35.5 Å². The number of carbonyl (C=O) groups excluding carboxylic acids is 1. The first-order chi connectivity index (χ1) is 10.9. The van der Waals surface area contributed by atoms with E-state index in [2.05, 4.69) is 26.6 Å². The van der Waals surface area contributed by atoms with Crippen LogP contribution in [-0.4, -0.2) is 32.4 Å². The third kappa shape index (κ3) is 4.33. The highest BCUT2D eigenvalue weighted by molar-refractivity contribution is 7.99. The zero-order valence-electron chi connectivity index (χ0n) is 13.3. The molecule has 0 aliphatic carbocycles. The Morgan fingerprint density at radius 1 is 1.43 bits per heavy atom. The Morgan fingerprint density at radius 2 is 2.13 bits per heavy atom. The summed E-state index contributed by atoms with van der Waals surface area (Å²) in [5, 5.41) is 19.4. The molecule has 1 aromatic heterocycles. The Hall–Kier alpha value is -2.33. The Kier molecular flexibility index (Phi) is 5.40. The maximum Gasteiger partial charge on any atom is 0.231 e. The molecule has 2 aromatic rings. The van der Waals surface area contributed by atoms with Gasteiger partial charge in [0.15, 0.2) is 5.82 Å². The van der Waals surface area contributed by atoms with Gasteiger partial charge in [0.1, 0.15) is 5.54 Å². The number of benzene rings is 1. The zero-order valence-corrected chi connectivity index (χ0v) is 14.1. The van der Waals surface area contributed by atoms with Crippen LogP contribution in [0.1, 0.15) is 20.8 Å². The van der Waals surface area contributed by atoms with Crippen LogP contribution in [0.2, 0.25) is 0 Å². The second-order valence-electron chi connectivity index (χ2n) is 5.64. The summed E-state index contributed by atoms with van der Waals surface area (Å²) in [6.45, 7) is 5.52. The number of rotatable bonds is 6. The molecule has 0 aliphatic heterocycles. The fraction of sp³-hybridized carbons (Fsp3) is 0.375. The molecule has 0 aliphatic rings. The summed E-state index contributed by atoms with van der Waals surface area (Å²) < 4.78 is 0. The van der Waals surface area contributed by atoms with Gasteiger partial charge in [0.25, 0.3) is 0 Å². The lowest BCUT2D eigenvalue weighted by Crippen LogP contribution is -2.49. The number of nitriles is 1. The van der Waals surface area contributed by atoms with Crippen molar-refractivity contribution in [2.45, 2.75) is 31.5 Å². The molecule has 1 amide bonds. The smallest absolute Gasteiger partial charge is 0.231 e. The van der Waals surface area contributed by atoms with Crippen LogP contribution < -0.4 is 5.32 Å². The first-order valence-electron chi connectivity index (χ1n) is 7.27. The Labute approximate surface area is 139 Å². The molecule has 0 radical (unpaired) electrons. The normalized spacial score (nSPS) is 13.3. The predicted molar refractivity (Wildman–Crippen MR) is 89.5 cm³/mol. The van der Waals surface area contributed by atoms with Gasteiger partial charge in [-0.3, -0.25) is 9.89 Å². The standard InChI is InChI=1S/C16H19N5OS/c1-11(2)16(3,10-17)19-13(22)9-23-15-18-14(20-21-15)12-7-5-4-6-8-12/h4-8,11H,9H2,1-3H3,(H,19,22)(H,18,20,21)/t16-/m1/s1. The number of hydrogen-bond acceptors (Lipinski definition) is 5. The number of amides is 1. The third-order valence-electron chi connectivity index (χ3n) is 3.63. The van der Waals surface area contributed by atoms with Gasteiger partial charge in [-0.2, -0.15) is 5.26 Å². The Morgan fingerprint density at radius 3 is 2.74 bits per heavy atom. The summed E-state index contributed by atoms with van der Waals surface area (Å²) in [5.41, 5.74) is 0.0689. The van der Waals surface area contributed by atoms with Crippen molar-refractivity contribution in [1.29, 1.82) is 5.26 Å². The summed E-state index contributed by atoms with van der Waals surface area (Å²) >= 11 is 1.23. The lowest BCUT2D eigenvalue weighted by atomic mass is 9.90. The minimum Gasteiger partial charge on any atom is -0.337 e. The topological polar surface area (TPSA) is 94.5 Å². The molecule has 1 atom stereocenters. The first-order valence-corrected chi connectivity index (χ1v) is 8.26. The van der Waals surface area contributed by atoms with E-state index in [0.717, 1.165) is 5.56 Å². The van der Waals surface area contributed by atoms with Gasteiger partial charge in [-0.15, -0.1) is 5.10 Å². The highest BCUT2D eigenvalue weighted by atomic mass is 32.2. The molecule has 0 saturated carbocycles. The van der Waals surface area contributed by atoms with Crippen LogP contribution in [0.3, 0.4) is 0 Å². The average Bonchev–Trinajstić information content (AvgIpc) is 3.02. The van der Waals surface area contributed by atoms with Gasteiger partial charge in [-0.1, -0.05) is 55.9 Å². The van der Waals surface area contributed by atoms with Crippen molar-refractivity contribution >= 4 is 17.7 Å². The molecule has 7 heteroatoms. The molecule has 0 unspecified atom stereocenters. The van der Waals surface area contributed by atoms with Crippen molar-refractivity contribution in [2.75, 3.05) is 5.75 Å². The molecule has 0 spiro atoms. The van der Waals surface area contributed by atoms with Crippen molar-refractivity contribution in [3.8, 4) is 17.5 Å². The van der Waals surface area contributed by atoms with Crippen LogP contribution in [0.5, 0.6) is 0 Å². The van der Waals surface area contributed by atoms with Gasteiger partial charge >= 0.3 is 0 Å². The summed E-state index contributed by atoms with van der Waals surface area (Å²) in [5.74, 6) is 0.641. The van der Waals surface area contributed by atoms with Gasteiger partial charge in [0.05, 0.1) is 11.8 Å². The molecule has 2 rings (SSSR count). The second-order valence-corrected chi connectivity index (χ2v) is 6.58. The van der Waals surface area contributed by atoms with Gasteiger partial charge in [0, 0.05) is 5.56 Å². The predicted octanol–water partition coefficient (Wildman–Crippen LogP) is 2.62. The number of aromatic nitrogens is 3. The Bertz CT molecular complexity index is 707. The molecule has 120 valence electrons. The fourth-order valence-electron chi connectivity index (χ4n) is 1.79. The molecule has 1 heterocycles. The first kappa shape index (κ1) is 17.0. The number of aromatic amines is 1.